The first kappa shape index (κ1) is 59.5. The summed E-state index contributed by atoms with van der Waals surface area (Å²) >= 11 is 0. The van der Waals surface area contributed by atoms with Crippen LogP contribution in [0.5, 0.6) is 0 Å². The fourth-order valence-electron chi connectivity index (χ4n) is 6.23. The average Bonchev–Trinajstić information content (AvgIpc) is 3.29. The third-order valence-corrected chi connectivity index (χ3v) is 9.94. The molecule has 1 atom stereocenters. The molecule has 0 saturated carbocycles. The molecule has 0 bridgehead atoms. The molecule has 1 unspecified atom stereocenters. The van der Waals surface area contributed by atoms with Gasteiger partial charge in [0.15, 0.2) is 6.10 Å². The van der Waals surface area contributed by atoms with Crippen LogP contribution in [0.3, 0.4) is 0 Å². The summed E-state index contributed by atoms with van der Waals surface area (Å²) in [6, 6.07) is 0. The maximum atomic E-state index is 12.7. The molecule has 0 radical (unpaired) electrons. The van der Waals surface area contributed by atoms with E-state index in [1.54, 1.807) is 12.2 Å². The Balaban J connectivity index is 4.66. The molecule has 6 heteroatoms. The van der Waals surface area contributed by atoms with Crippen LogP contribution in [0, 0.1) is 0 Å². The van der Waals surface area contributed by atoms with Crippen molar-refractivity contribution in [3.63, 3.8) is 0 Å². The van der Waals surface area contributed by atoms with E-state index in [2.05, 4.69) is 130 Å². The molecule has 6 nitrogen and oxygen atoms in total. The molecule has 0 aliphatic heterocycles. The number of hydrogen-bond donors (Lipinski definition) is 0. The largest absolute Gasteiger partial charge is 0.462 e. The summed E-state index contributed by atoms with van der Waals surface area (Å²) in [6.45, 7) is 6.20. The number of esters is 3. The molecule has 0 spiro atoms. The van der Waals surface area contributed by atoms with E-state index < -0.39 is 18.0 Å². The summed E-state index contributed by atoms with van der Waals surface area (Å²) in [5.74, 6) is -1.24. The maximum Gasteiger partial charge on any atom is 0.310 e. The van der Waals surface area contributed by atoms with Crippen molar-refractivity contribution in [2.75, 3.05) is 13.2 Å². The van der Waals surface area contributed by atoms with Gasteiger partial charge in [0, 0.05) is 6.42 Å². The zero-order valence-electron chi connectivity index (χ0n) is 40.7. The molecule has 0 aromatic rings. The first-order valence-electron chi connectivity index (χ1n) is 25.2. The van der Waals surface area contributed by atoms with Crippen molar-refractivity contribution in [1.29, 1.82) is 0 Å². The van der Waals surface area contributed by atoms with E-state index in [1.165, 1.54) is 57.8 Å². The molecule has 0 aromatic heterocycles. The fraction of sp³-hybridized carbons (Fsp3) is 0.569. The van der Waals surface area contributed by atoms with Gasteiger partial charge in [-0.25, -0.2) is 0 Å². The Hall–Kier alpha value is -4.45. The van der Waals surface area contributed by atoms with Gasteiger partial charge in [0.05, 0.1) is 12.8 Å². The predicted octanol–water partition coefficient (Wildman–Crippen LogP) is 16.7. The third-order valence-electron chi connectivity index (χ3n) is 9.94. The molecule has 0 aromatic carbocycles. The van der Waals surface area contributed by atoms with E-state index in [1.807, 2.05) is 12.2 Å². The van der Waals surface area contributed by atoms with Crippen molar-refractivity contribution >= 4 is 17.9 Å². The predicted molar refractivity (Wildman–Crippen MR) is 274 cm³/mol. The second kappa shape index (κ2) is 51.2. The van der Waals surface area contributed by atoms with Crippen LogP contribution in [0.2, 0.25) is 0 Å². The first-order valence-corrected chi connectivity index (χ1v) is 25.2. The van der Waals surface area contributed by atoms with Gasteiger partial charge in [0.1, 0.15) is 13.2 Å². The summed E-state index contributed by atoms with van der Waals surface area (Å²) in [5, 5.41) is 0. The highest BCUT2D eigenvalue weighted by Gasteiger charge is 2.19. The highest BCUT2D eigenvalue weighted by atomic mass is 16.6. The van der Waals surface area contributed by atoms with E-state index >= 15 is 0 Å². The van der Waals surface area contributed by atoms with Gasteiger partial charge in [0.2, 0.25) is 0 Å². The number of allylic oxidation sites excluding steroid dienone is 20. The fourth-order valence-corrected chi connectivity index (χ4v) is 6.23. The zero-order chi connectivity index (χ0) is 46.5. The van der Waals surface area contributed by atoms with Crippen molar-refractivity contribution in [2.45, 2.75) is 200 Å². The highest BCUT2D eigenvalue weighted by Crippen LogP contribution is 2.12. The minimum atomic E-state index is -0.879. The summed E-state index contributed by atoms with van der Waals surface area (Å²) < 4.78 is 16.5. The number of hydrogen-bond acceptors (Lipinski definition) is 6. The van der Waals surface area contributed by atoms with Crippen molar-refractivity contribution in [2.24, 2.45) is 0 Å². The number of carbonyl (C=O) groups excluding carboxylic acids is 3. The van der Waals surface area contributed by atoms with Crippen molar-refractivity contribution in [3.05, 3.63) is 134 Å². The van der Waals surface area contributed by atoms with Crippen LogP contribution in [-0.4, -0.2) is 37.2 Å². The lowest BCUT2D eigenvalue weighted by Gasteiger charge is -2.17. The lowest BCUT2D eigenvalue weighted by molar-refractivity contribution is -0.166. The van der Waals surface area contributed by atoms with Crippen LogP contribution >= 0.6 is 0 Å². The standard InChI is InChI=1S/C58H90O6/c1-4-7-10-13-16-19-22-25-28-31-33-36-39-42-45-48-51-57(60)63-54-55(64-58(61)52-49-46-43-40-37-34-30-27-24-21-18-15-12-9-6-3)53-62-56(59)50-47-44-41-38-35-32-29-26-23-20-17-14-11-8-5-2/h8-9,11-12,17-18,20-21,26-31,35,37-38,40,44,46-47,49,55H,4-7,10,13-16,19,22-25,32-34,36,39,41-43,45,48,50-54H2,1-3H3/b11-8-,12-9-,20-17-,21-18-,29-26-,30-27-,31-28-,38-35-,40-37-,47-44-,49-46-. The van der Waals surface area contributed by atoms with E-state index in [0.717, 1.165) is 83.5 Å². The average molecular weight is 883 g/mol. The molecular formula is C58H90O6. The van der Waals surface area contributed by atoms with Gasteiger partial charge in [-0.2, -0.15) is 0 Å². The molecule has 0 aliphatic rings. The van der Waals surface area contributed by atoms with E-state index in [4.69, 9.17) is 14.2 Å². The van der Waals surface area contributed by atoms with E-state index in [0.29, 0.717) is 19.3 Å². The SMILES string of the molecule is CC/C=C\C/C=C\C/C=C\C/C=C\C/C=C\CC(=O)OCC(COC(=O)CCCCCCC/C=C\CCCCCCCCC)OC(=O)C/C=C\C/C=C\C/C=C\C/C=C\C/C=C\CC. The molecule has 0 N–H and O–H groups in total. The van der Waals surface area contributed by atoms with E-state index in [-0.39, 0.29) is 32.0 Å². The highest BCUT2D eigenvalue weighted by molar-refractivity contribution is 5.72. The zero-order valence-corrected chi connectivity index (χ0v) is 40.7. The quantitative estimate of drug-likeness (QED) is 0.0263. The Morgan fingerprint density at radius 2 is 0.672 bits per heavy atom. The smallest absolute Gasteiger partial charge is 0.310 e. The second-order valence-electron chi connectivity index (χ2n) is 16.0. The molecule has 0 saturated heterocycles. The second-order valence-corrected chi connectivity index (χ2v) is 16.0. The van der Waals surface area contributed by atoms with Gasteiger partial charge < -0.3 is 14.2 Å². The topological polar surface area (TPSA) is 78.9 Å². The summed E-state index contributed by atoms with van der Waals surface area (Å²) in [7, 11) is 0. The Morgan fingerprint density at radius 1 is 0.344 bits per heavy atom. The van der Waals surface area contributed by atoms with Crippen molar-refractivity contribution in [1.82, 2.24) is 0 Å². The Morgan fingerprint density at radius 3 is 1.08 bits per heavy atom. The molecule has 0 fully saturated rings. The summed E-state index contributed by atoms with van der Waals surface area (Å²) in [4.78, 5) is 37.8. The van der Waals surface area contributed by atoms with Gasteiger partial charge in [-0.1, -0.05) is 212 Å². The monoisotopic (exact) mass is 883 g/mol. The van der Waals surface area contributed by atoms with Crippen LogP contribution in [-0.2, 0) is 28.6 Å². The number of ether oxygens (including phenoxy) is 3. The third kappa shape index (κ3) is 48.6. The molecule has 0 rings (SSSR count). The number of rotatable bonds is 43. The van der Waals surface area contributed by atoms with Gasteiger partial charge in [0.25, 0.3) is 0 Å². The van der Waals surface area contributed by atoms with Crippen LogP contribution < -0.4 is 0 Å². The van der Waals surface area contributed by atoms with Crippen LogP contribution in [0.4, 0.5) is 0 Å². The van der Waals surface area contributed by atoms with Crippen molar-refractivity contribution < 1.29 is 28.6 Å². The van der Waals surface area contributed by atoms with Gasteiger partial charge in [-0.3, -0.25) is 14.4 Å². The number of unbranched alkanes of at least 4 members (excludes halogenated alkanes) is 12. The van der Waals surface area contributed by atoms with Gasteiger partial charge >= 0.3 is 17.9 Å². The Kier molecular flexibility index (Phi) is 47.6. The summed E-state index contributed by atoms with van der Waals surface area (Å²) in [6.07, 6.45) is 72.0. The van der Waals surface area contributed by atoms with Gasteiger partial charge in [-0.05, 0) is 96.3 Å². The minimum absolute atomic E-state index is 0.0704. The molecule has 0 heterocycles. The minimum Gasteiger partial charge on any atom is -0.462 e. The molecule has 0 aliphatic carbocycles. The molecule has 0 amide bonds. The van der Waals surface area contributed by atoms with E-state index in [9.17, 15) is 14.4 Å². The number of carbonyl (C=O) groups is 3. The summed E-state index contributed by atoms with van der Waals surface area (Å²) in [5.41, 5.74) is 0. The maximum absolute atomic E-state index is 12.7. The van der Waals surface area contributed by atoms with Crippen LogP contribution in [0.15, 0.2) is 134 Å². The first-order chi connectivity index (χ1) is 31.5. The normalized spacial score (nSPS) is 13.2. The van der Waals surface area contributed by atoms with Crippen LogP contribution in [0.1, 0.15) is 194 Å². The van der Waals surface area contributed by atoms with Crippen molar-refractivity contribution in [3.8, 4) is 0 Å². The Labute approximate surface area is 392 Å². The van der Waals surface area contributed by atoms with Crippen LogP contribution in [0.25, 0.3) is 0 Å². The lowest BCUT2D eigenvalue weighted by Crippen LogP contribution is -2.30. The molecular weight excluding hydrogens is 793 g/mol. The lowest BCUT2D eigenvalue weighted by atomic mass is 10.1. The van der Waals surface area contributed by atoms with Gasteiger partial charge in [-0.15, -0.1) is 0 Å². The molecule has 358 valence electrons. The molecule has 64 heavy (non-hydrogen) atoms. The Bertz CT molecular complexity index is 1430.